The summed E-state index contributed by atoms with van der Waals surface area (Å²) < 4.78 is 0. The van der Waals surface area contributed by atoms with Crippen LogP contribution in [0.25, 0.3) is 0 Å². The average Bonchev–Trinajstić information content (AvgIpc) is 2.83. The molecule has 0 aromatic heterocycles. The van der Waals surface area contributed by atoms with Crippen molar-refractivity contribution in [3.63, 3.8) is 0 Å². The Morgan fingerprint density at radius 3 is 1.03 bits per heavy atom. The van der Waals surface area contributed by atoms with Crippen molar-refractivity contribution in [2.75, 3.05) is 34.7 Å². The smallest absolute Gasteiger partial charge is 0.0937 e. The lowest BCUT2D eigenvalue weighted by Gasteiger charge is -2.45. The van der Waals surface area contributed by atoms with Crippen molar-refractivity contribution in [3.8, 4) is 0 Å². The number of rotatable bonds is 4. The number of hydrogen-bond acceptors (Lipinski definition) is 3. The molecule has 35 heavy (non-hydrogen) atoms. The van der Waals surface area contributed by atoms with E-state index in [1.807, 2.05) is 0 Å². The van der Waals surface area contributed by atoms with Crippen molar-refractivity contribution in [1.29, 1.82) is 0 Å². The molecule has 1 aliphatic heterocycles. The van der Waals surface area contributed by atoms with Gasteiger partial charge in [0, 0.05) is 17.1 Å². The fraction of sp³-hybridized carbons (Fsp3) is 0.438. The maximum Gasteiger partial charge on any atom is 0.0937 e. The van der Waals surface area contributed by atoms with Crippen LogP contribution in [-0.2, 0) is 10.8 Å². The lowest BCUT2D eigenvalue weighted by atomic mass is 9.87. The van der Waals surface area contributed by atoms with Gasteiger partial charge >= 0.3 is 0 Å². The summed E-state index contributed by atoms with van der Waals surface area (Å²) in [6.07, 6.45) is 0. The predicted octanol–water partition coefficient (Wildman–Crippen LogP) is 8.11. The number of hydrogen-bond donors (Lipinski definition) is 0. The monoisotopic (exact) mass is 469 g/mol. The first-order valence-corrected chi connectivity index (χ1v) is 13.0. The molecule has 0 atom stereocenters. The Balaban J connectivity index is 1.65. The summed E-state index contributed by atoms with van der Waals surface area (Å²) in [5, 5.41) is 0. The minimum absolute atomic E-state index is 0.158. The normalized spacial score (nSPS) is 15.2. The van der Waals surface area contributed by atoms with E-state index in [-0.39, 0.29) is 10.8 Å². The number of nitrogens with zero attached hydrogens (tertiary/aromatic N) is 3. The zero-order valence-corrected chi connectivity index (χ0v) is 23.0. The van der Waals surface area contributed by atoms with Crippen LogP contribution >= 0.6 is 0 Å². The standard InChI is InChI=1S/C32H43N3/c1-24(2)25-9-15-28(16-10-25)33-21-34(29-17-11-26(12-18-29)31(3,4)5)23-35(22-33)30-19-13-27(14-20-30)32(6,7)8/h9-20,24H,21-23H2,1-8H3. The van der Waals surface area contributed by atoms with Crippen molar-refractivity contribution < 1.29 is 0 Å². The molecule has 1 aliphatic rings. The van der Waals surface area contributed by atoms with Gasteiger partial charge in [-0.25, -0.2) is 0 Å². The van der Waals surface area contributed by atoms with Crippen LogP contribution in [0.5, 0.6) is 0 Å². The molecule has 0 saturated carbocycles. The Labute approximate surface area is 213 Å². The summed E-state index contributed by atoms with van der Waals surface area (Å²) in [4.78, 5) is 7.43. The van der Waals surface area contributed by atoms with Crippen molar-refractivity contribution in [2.24, 2.45) is 0 Å². The van der Waals surface area contributed by atoms with Crippen LogP contribution in [-0.4, -0.2) is 20.0 Å². The van der Waals surface area contributed by atoms with E-state index < -0.39 is 0 Å². The average molecular weight is 470 g/mol. The second kappa shape index (κ2) is 9.60. The molecule has 1 saturated heterocycles. The summed E-state index contributed by atoms with van der Waals surface area (Å²) in [5.41, 5.74) is 8.23. The van der Waals surface area contributed by atoms with E-state index in [1.54, 1.807) is 0 Å². The lowest BCUT2D eigenvalue weighted by molar-refractivity contribution is 0.587. The topological polar surface area (TPSA) is 9.72 Å². The Bertz CT molecular complexity index is 1030. The van der Waals surface area contributed by atoms with Gasteiger partial charge in [0.25, 0.3) is 0 Å². The Morgan fingerprint density at radius 1 is 0.486 bits per heavy atom. The van der Waals surface area contributed by atoms with E-state index in [4.69, 9.17) is 0 Å². The minimum atomic E-state index is 0.158. The molecular formula is C32H43N3. The summed E-state index contributed by atoms with van der Waals surface area (Å²) in [6.45, 7) is 20.7. The highest BCUT2D eigenvalue weighted by Crippen LogP contribution is 2.31. The van der Waals surface area contributed by atoms with Gasteiger partial charge in [-0.1, -0.05) is 91.8 Å². The number of anilines is 3. The van der Waals surface area contributed by atoms with Crippen LogP contribution in [0, 0.1) is 0 Å². The molecule has 0 unspecified atom stereocenters. The molecule has 0 aliphatic carbocycles. The van der Waals surface area contributed by atoms with Gasteiger partial charge < -0.3 is 14.7 Å². The second-order valence-corrected chi connectivity index (χ2v) is 12.4. The van der Waals surface area contributed by atoms with Crippen LogP contribution in [0.15, 0.2) is 72.8 Å². The van der Waals surface area contributed by atoms with E-state index >= 15 is 0 Å². The largest absolute Gasteiger partial charge is 0.336 e. The van der Waals surface area contributed by atoms with Crippen molar-refractivity contribution in [3.05, 3.63) is 89.5 Å². The molecule has 186 valence electrons. The molecule has 0 spiro atoms. The van der Waals surface area contributed by atoms with Gasteiger partial charge in [0.15, 0.2) is 0 Å². The summed E-state index contributed by atoms with van der Waals surface area (Å²) in [6, 6.07) is 27.4. The lowest BCUT2D eigenvalue weighted by Crippen LogP contribution is -2.55. The third-order valence-corrected chi connectivity index (χ3v) is 7.15. The molecule has 0 radical (unpaired) electrons. The maximum absolute atomic E-state index is 2.48. The van der Waals surface area contributed by atoms with Crippen LogP contribution in [0.1, 0.15) is 78.0 Å². The molecule has 3 nitrogen and oxygen atoms in total. The van der Waals surface area contributed by atoms with Crippen molar-refractivity contribution >= 4 is 17.1 Å². The molecule has 3 aromatic carbocycles. The van der Waals surface area contributed by atoms with Gasteiger partial charge in [-0.2, -0.15) is 0 Å². The first-order valence-electron chi connectivity index (χ1n) is 13.0. The first-order chi connectivity index (χ1) is 16.4. The summed E-state index contributed by atoms with van der Waals surface area (Å²) in [5.74, 6) is 0.543. The zero-order chi connectivity index (χ0) is 25.4. The molecule has 3 heteroatoms. The van der Waals surface area contributed by atoms with Gasteiger partial charge in [0.2, 0.25) is 0 Å². The summed E-state index contributed by atoms with van der Waals surface area (Å²) >= 11 is 0. The van der Waals surface area contributed by atoms with Crippen LogP contribution in [0.2, 0.25) is 0 Å². The van der Waals surface area contributed by atoms with Crippen molar-refractivity contribution in [2.45, 2.75) is 72.1 Å². The molecule has 0 amide bonds. The Morgan fingerprint density at radius 2 is 0.771 bits per heavy atom. The fourth-order valence-corrected chi connectivity index (χ4v) is 4.66. The second-order valence-electron chi connectivity index (χ2n) is 12.4. The van der Waals surface area contributed by atoms with Crippen molar-refractivity contribution in [1.82, 2.24) is 0 Å². The van der Waals surface area contributed by atoms with Gasteiger partial charge in [-0.15, -0.1) is 0 Å². The quantitative estimate of drug-likeness (QED) is 0.382. The minimum Gasteiger partial charge on any atom is -0.336 e. The van der Waals surface area contributed by atoms with Gasteiger partial charge in [0.05, 0.1) is 20.0 Å². The van der Waals surface area contributed by atoms with Crippen LogP contribution in [0.4, 0.5) is 17.1 Å². The molecule has 1 heterocycles. The van der Waals surface area contributed by atoms with E-state index in [9.17, 15) is 0 Å². The predicted molar refractivity (Wildman–Crippen MR) is 153 cm³/mol. The highest BCUT2D eigenvalue weighted by Gasteiger charge is 2.25. The summed E-state index contributed by atoms with van der Waals surface area (Å²) in [7, 11) is 0. The van der Waals surface area contributed by atoms with Gasteiger partial charge in [-0.3, -0.25) is 0 Å². The third kappa shape index (κ3) is 5.83. The highest BCUT2D eigenvalue weighted by molar-refractivity contribution is 5.60. The highest BCUT2D eigenvalue weighted by atomic mass is 15.5. The zero-order valence-electron chi connectivity index (χ0n) is 23.0. The van der Waals surface area contributed by atoms with E-state index in [0.717, 1.165) is 20.0 Å². The third-order valence-electron chi connectivity index (χ3n) is 7.15. The maximum atomic E-state index is 2.48. The first kappa shape index (κ1) is 25.2. The molecule has 1 fully saturated rings. The molecule has 0 bridgehead atoms. The van der Waals surface area contributed by atoms with E-state index in [2.05, 4.69) is 143 Å². The molecule has 3 aromatic rings. The van der Waals surface area contributed by atoms with Gasteiger partial charge in [0.1, 0.15) is 0 Å². The van der Waals surface area contributed by atoms with Gasteiger partial charge in [-0.05, 0) is 69.8 Å². The Kier molecular flexibility index (Phi) is 6.90. The molecule has 0 N–H and O–H groups in total. The fourth-order valence-electron chi connectivity index (χ4n) is 4.66. The molecular weight excluding hydrogens is 426 g/mol. The number of benzene rings is 3. The molecule has 4 rings (SSSR count). The van der Waals surface area contributed by atoms with Crippen LogP contribution in [0.3, 0.4) is 0 Å². The van der Waals surface area contributed by atoms with E-state index in [0.29, 0.717) is 5.92 Å². The van der Waals surface area contributed by atoms with Crippen LogP contribution < -0.4 is 14.7 Å². The Hall–Kier alpha value is -2.94. The SMILES string of the molecule is CC(C)c1ccc(N2CN(c3ccc(C(C)(C)C)cc3)CN(c3ccc(C(C)(C)C)cc3)C2)cc1. The van der Waals surface area contributed by atoms with E-state index in [1.165, 1.54) is 33.8 Å².